The number of benzene rings is 1. The van der Waals surface area contributed by atoms with Gasteiger partial charge >= 0.3 is 0 Å². The Labute approximate surface area is 114 Å². The first-order chi connectivity index (χ1) is 8.24. The van der Waals surface area contributed by atoms with Gasteiger partial charge in [0.15, 0.2) is 0 Å². The average molecular weight is 271 g/mol. The molecule has 18 heavy (non-hydrogen) atoms. The summed E-state index contributed by atoms with van der Waals surface area (Å²) in [5, 5.41) is 3.34. The van der Waals surface area contributed by atoms with Crippen LogP contribution >= 0.6 is 12.4 Å². The zero-order valence-electron chi connectivity index (χ0n) is 10.7. The van der Waals surface area contributed by atoms with Crippen LogP contribution in [0.2, 0.25) is 0 Å². The average Bonchev–Trinajstić information content (AvgIpc) is 2.24. The zero-order valence-corrected chi connectivity index (χ0v) is 11.5. The van der Waals surface area contributed by atoms with E-state index in [0.717, 1.165) is 37.7 Å². The standard InChI is InChI=1S/C13H18N2O2.ClH/c1-16-11-3-10(4-12(5-11)17-2)15-8-13(9-15)6-14-7-13;/h3-5,14H,6-9H2,1-2H3;1H. The fraction of sp³-hybridized carbons (Fsp3) is 0.538. The Balaban J connectivity index is 0.00000120. The number of nitrogens with one attached hydrogen (secondary N) is 1. The molecule has 0 unspecified atom stereocenters. The maximum absolute atomic E-state index is 5.29. The summed E-state index contributed by atoms with van der Waals surface area (Å²) in [4.78, 5) is 2.38. The molecular formula is C13H19ClN2O2. The molecule has 5 heteroatoms. The third-order valence-electron chi connectivity index (χ3n) is 3.75. The summed E-state index contributed by atoms with van der Waals surface area (Å²) in [6.45, 7) is 4.59. The minimum absolute atomic E-state index is 0. The van der Waals surface area contributed by atoms with Crippen molar-refractivity contribution in [3.63, 3.8) is 0 Å². The lowest BCUT2D eigenvalue weighted by atomic mass is 9.74. The van der Waals surface area contributed by atoms with Crippen molar-refractivity contribution >= 4 is 18.1 Å². The van der Waals surface area contributed by atoms with E-state index in [-0.39, 0.29) is 12.4 Å². The van der Waals surface area contributed by atoms with Gasteiger partial charge in [-0.2, -0.15) is 0 Å². The monoisotopic (exact) mass is 270 g/mol. The molecule has 2 aliphatic rings. The van der Waals surface area contributed by atoms with Crippen molar-refractivity contribution in [1.29, 1.82) is 0 Å². The maximum Gasteiger partial charge on any atom is 0.124 e. The molecule has 3 rings (SSSR count). The Hall–Kier alpha value is -1.13. The number of nitrogens with zero attached hydrogens (tertiary/aromatic N) is 1. The van der Waals surface area contributed by atoms with Crippen LogP contribution in [0.4, 0.5) is 5.69 Å². The number of halogens is 1. The third-order valence-corrected chi connectivity index (χ3v) is 3.75. The Bertz CT molecular complexity index is 405. The first kappa shape index (κ1) is 13.3. The smallest absolute Gasteiger partial charge is 0.124 e. The molecule has 1 N–H and O–H groups in total. The van der Waals surface area contributed by atoms with Crippen LogP contribution in [0.1, 0.15) is 0 Å². The van der Waals surface area contributed by atoms with Gasteiger partial charge in [0, 0.05) is 55.5 Å². The number of anilines is 1. The van der Waals surface area contributed by atoms with E-state index in [2.05, 4.69) is 22.3 Å². The van der Waals surface area contributed by atoms with Crippen molar-refractivity contribution in [3.8, 4) is 11.5 Å². The highest BCUT2D eigenvalue weighted by molar-refractivity contribution is 5.85. The molecule has 2 aliphatic heterocycles. The molecule has 0 amide bonds. The summed E-state index contributed by atoms with van der Waals surface area (Å²) in [6.07, 6.45) is 0. The van der Waals surface area contributed by atoms with Crippen LogP contribution in [0.15, 0.2) is 18.2 Å². The van der Waals surface area contributed by atoms with Crippen molar-refractivity contribution in [2.24, 2.45) is 5.41 Å². The van der Waals surface area contributed by atoms with Gasteiger partial charge in [-0.05, 0) is 0 Å². The predicted octanol–water partition coefficient (Wildman–Crippen LogP) is 1.54. The van der Waals surface area contributed by atoms with Crippen LogP contribution < -0.4 is 19.7 Å². The Morgan fingerprint density at radius 2 is 1.61 bits per heavy atom. The number of hydrogen-bond donors (Lipinski definition) is 1. The van der Waals surface area contributed by atoms with Gasteiger partial charge in [-0.25, -0.2) is 0 Å². The van der Waals surface area contributed by atoms with E-state index in [1.54, 1.807) is 14.2 Å². The number of hydrogen-bond acceptors (Lipinski definition) is 4. The molecule has 100 valence electrons. The van der Waals surface area contributed by atoms with Gasteiger partial charge in [0.25, 0.3) is 0 Å². The van der Waals surface area contributed by atoms with Gasteiger partial charge in [-0.3, -0.25) is 0 Å². The van der Waals surface area contributed by atoms with Gasteiger partial charge in [0.05, 0.1) is 14.2 Å². The normalized spacial score (nSPS) is 19.6. The van der Waals surface area contributed by atoms with Crippen molar-refractivity contribution < 1.29 is 9.47 Å². The molecule has 4 nitrogen and oxygen atoms in total. The Kier molecular flexibility index (Phi) is 3.59. The minimum Gasteiger partial charge on any atom is -0.497 e. The fourth-order valence-electron chi connectivity index (χ4n) is 2.62. The topological polar surface area (TPSA) is 33.7 Å². The van der Waals surface area contributed by atoms with Crippen molar-refractivity contribution in [1.82, 2.24) is 5.32 Å². The highest BCUT2D eigenvalue weighted by atomic mass is 35.5. The first-order valence-corrected chi connectivity index (χ1v) is 5.93. The fourth-order valence-corrected chi connectivity index (χ4v) is 2.62. The minimum atomic E-state index is 0. The largest absolute Gasteiger partial charge is 0.497 e. The van der Waals surface area contributed by atoms with E-state index < -0.39 is 0 Å². The lowest BCUT2D eigenvalue weighted by molar-refractivity contribution is 0.121. The van der Waals surface area contributed by atoms with E-state index in [1.165, 1.54) is 5.69 Å². The summed E-state index contributed by atoms with van der Waals surface area (Å²) in [7, 11) is 3.37. The molecular weight excluding hydrogens is 252 g/mol. The molecule has 0 bridgehead atoms. The molecule has 2 fully saturated rings. The van der Waals surface area contributed by atoms with E-state index in [0.29, 0.717) is 5.41 Å². The van der Waals surface area contributed by atoms with Crippen LogP contribution in [0.25, 0.3) is 0 Å². The highest BCUT2D eigenvalue weighted by Gasteiger charge is 2.47. The van der Waals surface area contributed by atoms with Crippen molar-refractivity contribution in [2.75, 3.05) is 45.3 Å². The third kappa shape index (κ3) is 2.10. The van der Waals surface area contributed by atoms with Crippen LogP contribution in [-0.4, -0.2) is 40.4 Å². The second-order valence-electron chi connectivity index (χ2n) is 5.03. The molecule has 1 aromatic rings. The lowest BCUT2D eigenvalue weighted by Gasteiger charge is -2.57. The number of ether oxygens (including phenoxy) is 2. The molecule has 0 radical (unpaired) electrons. The molecule has 0 aliphatic carbocycles. The van der Waals surface area contributed by atoms with Gasteiger partial charge in [0.1, 0.15) is 11.5 Å². The van der Waals surface area contributed by atoms with Gasteiger partial charge < -0.3 is 19.7 Å². The van der Waals surface area contributed by atoms with E-state index in [9.17, 15) is 0 Å². The predicted molar refractivity (Wildman–Crippen MR) is 74.3 cm³/mol. The SMILES string of the molecule is COc1cc(OC)cc(N2CC3(CNC3)C2)c1.Cl. The van der Waals surface area contributed by atoms with E-state index in [4.69, 9.17) is 9.47 Å². The van der Waals surface area contributed by atoms with Crippen LogP contribution in [0.5, 0.6) is 11.5 Å². The van der Waals surface area contributed by atoms with Crippen LogP contribution in [0.3, 0.4) is 0 Å². The highest BCUT2D eigenvalue weighted by Crippen LogP contribution is 2.39. The molecule has 0 saturated carbocycles. The summed E-state index contributed by atoms with van der Waals surface area (Å²) in [5.41, 5.74) is 1.73. The number of rotatable bonds is 3. The molecule has 2 heterocycles. The second kappa shape index (κ2) is 4.86. The summed E-state index contributed by atoms with van der Waals surface area (Å²) in [6, 6.07) is 6.05. The molecule has 1 aromatic carbocycles. The van der Waals surface area contributed by atoms with Crippen molar-refractivity contribution in [2.45, 2.75) is 0 Å². The van der Waals surface area contributed by atoms with Gasteiger partial charge in [-0.15, -0.1) is 12.4 Å². The van der Waals surface area contributed by atoms with E-state index in [1.807, 2.05) is 6.07 Å². The van der Waals surface area contributed by atoms with Gasteiger partial charge in [-0.1, -0.05) is 0 Å². The summed E-state index contributed by atoms with van der Waals surface area (Å²) < 4.78 is 10.6. The molecule has 1 spiro atoms. The first-order valence-electron chi connectivity index (χ1n) is 5.93. The zero-order chi connectivity index (χ0) is 11.9. The van der Waals surface area contributed by atoms with Gasteiger partial charge in [0.2, 0.25) is 0 Å². The molecule has 2 saturated heterocycles. The Morgan fingerprint density at radius 1 is 1.06 bits per heavy atom. The Morgan fingerprint density at radius 3 is 2.00 bits per heavy atom. The molecule has 0 aromatic heterocycles. The summed E-state index contributed by atoms with van der Waals surface area (Å²) >= 11 is 0. The lowest BCUT2D eigenvalue weighted by Crippen LogP contribution is -2.71. The second-order valence-corrected chi connectivity index (χ2v) is 5.03. The van der Waals surface area contributed by atoms with Crippen LogP contribution in [-0.2, 0) is 0 Å². The van der Waals surface area contributed by atoms with Crippen LogP contribution in [0, 0.1) is 5.41 Å². The number of methoxy groups -OCH3 is 2. The van der Waals surface area contributed by atoms with E-state index >= 15 is 0 Å². The van der Waals surface area contributed by atoms with Crippen molar-refractivity contribution in [3.05, 3.63) is 18.2 Å². The quantitative estimate of drug-likeness (QED) is 0.903. The molecule has 0 atom stereocenters. The maximum atomic E-state index is 5.29. The summed E-state index contributed by atoms with van der Waals surface area (Å²) in [5.74, 6) is 1.71.